The second-order valence-electron chi connectivity index (χ2n) is 7.34. The minimum Gasteiger partial charge on any atom is -0.382 e. The third kappa shape index (κ3) is 6.09. The van der Waals surface area contributed by atoms with Gasteiger partial charge < -0.3 is 29.3 Å². The summed E-state index contributed by atoms with van der Waals surface area (Å²) in [4.78, 5) is 9.17. The van der Waals surface area contributed by atoms with Gasteiger partial charge in [-0.3, -0.25) is 4.99 Å². The van der Waals surface area contributed by atoms with Crippen molar-refractivity contribution in [3.05, 3.63) is 29.8 Å². The fourth-order valence-corrected chi connectivity index (χ4v) is 3.71. The predicted molar refractivity (Wildman–Crippen MR) is 112 cm³/mol. The Labute approximate surface area is 168 Å². The van der Waals surface area contributed by atoms with E-state index in [0.29, 0.717) is 19.1 Å². The Bertz CT molecular complexity index is 602. The van der Waals surface area contributed by atoms with Crippen molar-refractivity contribution in [3.63, 3.8) is 0 Å². The molecule has 1 unspecified atom stereocenters. The zero-order valence-electron chi connectivity index (χ0n) is 17.2. The van der Waals surface area contributed by atoms with Gasteiger partial charge in [-0.2, -0.15) is 0 Å². The van der Waals surface area contributed by atoms with Crippen LogP contribution in [0.4, 0.5) is 5.69 Å². The van der Waals surface area contributed by atoms with Crippen molar-refractivity contribution < 1.29 is 14.2 Å². The van der Waals surface area contributed by atoms with Gasteiger partial charge in [0.2, 0.25) is 0 Å². The van der Waals surface area contributed by atoms with Gasteiger partial charge in [-0.25, -0.2) is 0 Å². The number of nitrogens with one attached hydrogen (secondary N) is 1. The molecule has 1 atom stereocenters. The average molecular weight is 391 g/mol. The molecule has 0 amide bonds. The number of morpholine rings is 1. The summed E-state index contributed by atoms with van der Waals surface area (Å²) >= 11 is 0. The number of ether oxygens (including phenoxy) is 3. The zero-order chi connectivity index (χ0) is 19.6. The molecule has 3 rings (SSSR count). The van der Waals surface area contributed by atoms with Crippen molar-refractivity contribution in [1.82, 2.24) is 10.2 Å². The number of hydrogen-bond acceptors (Lipinski definition) is 5. The number of aliphatic imine (C=N–C) groups is 1. The number of benzene rings is 1. The summed E-state index contributed by atoms with van der Waals surface area (Å²) in [5.74, 6) is 1.53. The number of guanidine groups is 1. The summed E-state index contributed by atoms with van der Waals surface area (Å²) in [5.41, 5.74) is 2.53. The Morgan fingerprint density at radius 1 is 1.18 bits per heavy atom. The van der Waals surface area contributed by atoms with Crippen LogP contribution in [0.1, 0.15) is 12.0 Å². The first-order chi connectivity index (χ1) is 13.8. The van der Waals surface area contributed by atoms with Crippen LogP contribution in [0.3, 0.4) is 0 Å². The largest absolute Gasteiger partial charge is 0.382 e. The highest BCUT2D eigenvalue weighted by atomic mass is 16.5. The van der Waals surface area contributed by atoms with Crippen LogP contribution < -0.4 is 10.2 Å². The molecule has 7 heteroatoms. The van der Waals surface area contributed by atoms with E-state index in [1.165, 1.54) is 11.3 Å². The zero-order valence-corrected chi connectivity index (χ0v) is 17.2. The SMILES string of the molecule is CN=C(NCc1ccc(N2CCOCC2)cc1)N1CCC(COCCOC)C1. The van der Waals surface area contributed by atoms with Crippen LogP contribution in [0.2, 0.25) is 0 Å². The van der Waals surface area contributed by atoms with Crippen molar-refractivity contribution in [1.29, 1.82) is 0 Å². The highest BCUT2D eigenvalue weighted by molar-refractivity contribution is 5.80. The quantitative estimate of drug-likeness (QED) is 0.413. The minimum atomic E-state index is 0.559. The molecule has 28 heavy (non-hydrogen) atoms. The van der Waals surface area contributed by atoms with E-state index in [0.717, 1.165) is 64.9 Å². The summed E-state index contributed by atoms with van der Waals surface area (Å²) in [6.45, 7) is 8.47. The summed E-state index contributed by atoms with van der Waals surface area (Å²) in [5, 5.41) is 3.51. The van der Waals surface area contributed by atoms with Crippen LogP contribution in [0.5, 0.6) is 0 Å². The van der Waals surface area contributed by atoms with Crippen molar-refractivity contribution in [2.45, 2.75) is 13.0 Å². The summed E-state index contributed by atoms with van der Waals surface area (Å²) in [7, 11) is 3.55. The fraction of sp³-hybridized carbons (Fsp3) is 0.667. The lowest BCUT2D eigenvalue weighted by molar-refractivity contribution is 0.0536. The van der Waals surface area contributed by atoms with E-state index >= 15 is 0 Å². The van der Waals surface area contributed by atoms with E-state index in [9.17, 15) is 0 Å². The monoisotopic (exact) mass is 390 g/mol. The summed E-state index contributed by atoms with van der Waals surface area (Å²) in [6, 6.07) is 8.80. The highest BCUT2D eigenvalue weighted by Gasteiger charge is 2.24. The Kier molecular flexibility index (Phi) is 8.39. The third-order valence-electron chi connectivity index (χ3n) is 5.35. The van der Waals surface area contributed by atoms with Crippen molar-refractivity contribution >= 4 is 11.6 Å². The number of methoxy groups -OCH3 is 1. The van der Waals surface area contributed by atoms with Gasteiger partial charge in [-0.05, 0) is 24.1 Å². The van der Waals surface area contributed by atoms with Crippen LogP contribution >= 0.6 is 0 Å². The van der Waals surface area contributed by atoms with Gasteiger partial charge in [-0.1, -0.05) is 12.1 Å². The van der Waals surface area contributed by atoms with Gasteiger partial charge in [-0.15, -0.1) is 0 Å². The lowest BCUT2D eigenvalue weighted by Gasteiger charge is -2.29. The summed E-state index contributed by atoms with van der Waals surface area (Å²) in [6.07, 6.45) is 1.14. The molecule has 0 saturated carbocycles. The lowest BCUT2D eigenvalue weighted by Crippen LogP contribution is -2.40. The van der Waals surface area contributed by atoms with Crippen molar-refractivity contribution in [2.75, 3.05) is 78.3 Å². The Morgan fingerprint density at radius 2 is 1.96 bits per heavy atom. The van der Waals surface area contributed by atoms with E-state index in [4.69, 9.17) is 14.2 Å². The average Bonchev–Trinajstić information content (AvgIpc) is 3.21. The van der Waals surface area contributed by atoms with Gasteiger partial charge in [0, 0.05) is 58.5 Å². The first kappa shape index (κ1) is 20.9. The van der Waals surface area contributed by atoms with E-state index in [-0.39, 0.29) is 0 Å². The molecule has 0 aliphatic carbocycles. The van der Waals surface area contributed by atoms with Gasteiger partial charge in [0.15, 0.2) is 5.96 Å². The Morgan fingerprint density at radius 3 is 2.68 bits per heavy atom. The van der Waals surface area contributed by atoms with E-state index < -0.39 is 0 Å². The molecule has 2 aliphatic rings. The molecule has 1 N–H and O–H groups in total. The molecule has 7 nitrogen and oxygen atoms in total. The fourth-order valence-electron chi connectivity index (χ4n) is 3.71. The van der Waals surface area contributed by atoms with Crippen molar-refractivity contribution in [2.24, 2.45) is 10.9 Å². The van der Waals surface area contributed by atoms with Crippen LogP contribution in [-0.2, 0) is 20.8 Å². The standard InChI is InChI=1S/C21H34N4O3/c1-22-21(25-8-7-19(16-25)17-28-14-13-26-2)23-15-18-3-5-20(6-4-18)24-9-11-27-12-10-24/h3-6,19H,7-17H2,1-2H3,(H,22,23). The molecule has 0 bridgehead atoms. The molecule has 0 aromatic heterocycles. The number of hydrogen-bond donors (Lipinski definition) is 1. The Balaban J connectivity index is 1.42. The molecule has 0 spiro atoms. The molecule has 2 heterocycles. The van der Waals surface area contributed by atoms with Crippen LogP contribution in [0.25, 0.3) is 0 Å². The van der Waals surface area contributed by atoms with E-state index in [1.807, 2.05) is 7.05 Å². The maximum atomic E-state index is 5.69. The maximum Gasteiger partial charge on any atom is 0.193 e. The van der Waals surface area contributed by atoms with Crippen molar-refractivity contribution in [3.8, 4) is 0 Å². The molecule has 2 saturated heterocycles. The smallest absolute Gasteiger partial charge is 0.193 e. The third-order valence-corrected chi connectivity index (χ3v) is 5.35. The van der Waals surface area contributed by atoms with Crippen LogP contribution in [0, 0.1) is 5.92 Å². The summed E-state index contributed by atoms with van der Waals surface area (Å²) < 4.78 is 16.1. The maximum absolute atomic E-state index is 5.69. The lowest BCUT2D eigenvalue weighted by atomic mass is 10.1. The molecule has 2 fully saturated rings. The molecular weight excluding hydrogens is 356 g/mol. The molecule has 2 aliphatic heterocycles. The molecule has 0 radical (unpaired) electrons. The van der Waals surface area contributed by atoms with Gasteiger partial charge >= 0.3 is 0 Å². The first-order valence-corrected chi connectivity index (χ1v) is 10.2. The number of likely N-dealkylation sites (tertiary alicyclic amines) is 1. The number of nitrogens with zero attached hydrogens (tertiary/aromatic N) is 3. The number of anilines is 1. The second-order valence-corrected chi connectivity index (χ2v) is 7.34. The number of rotatable bonds is 8. The first-order valence-electron chi connectivity index (χ1n) is 10.2. The predicted octanol–water partition coefficient (Wildman–Crippen LogP) is 1.58. The van der Waals surface area contributed by atoms with Crippen LogP contribution in [-0.4, -0.2) is 84.2 Å². The van der Waals surface area contributed by atoms with Gasteiger partial charge in [0.05, 0.1) is 33.0 Å². The molecule has 156 valence electrons. The highest BCUT2D eigenvalue weighted by Crippen LogP contribution is 2.18. The second kappa shape index (κ2) is 11.2. The van der Waals surface area contributed by atoms with E-state index in [1.54, 1.807) is 7.11 Å². The molecule has 1 aromatic rings. The van der Waals surface area contributed by atoms with Gasteiger partial charge in [0.1, 0.15) is 0 Å². The topological polar surface area (TPSA) is 58.6 Å². The van der Waals surface area contributed by atoms with E-state index in [2.05, 4.69) is 44.4 Å². The molecular formula is C21H34N4O3. The van der Waals surface area contributed by atoms with Crippen LogP contribution in [0.15, 0.2) is 29.3 Å². The minimum absolute atomic E-state index is 0.559. The van der Waals surface area contributed by atoms with Gasteiger partial charge in [0.25, 0.3) is 0 Å². The Hall–Kier alpha value is -1.83. The normalized spacial score (nSPS) is 20.6. The molecule has 1 aromatic carbocycles.